The van der Waals surface area contributed by atoms with Gasteiger partial charge in [0.25, 0.3) is 0 Å². The molecule has 0 heterocycles. The summed E-state index contributed by atoms with van der Waals surface area (Å²) in [4.78, 5) is 79.4. The molecule has 0 radical (unpaired) electrons. The second-order valence-electron chi connectivity index (χ2n) is 15.0. The van der Waals surface area contributed by atoms with E-state index in [-0.39, 0.29) is 69.4 Å². The van der Waals surface area contributed by atoms with Gasteiger partial charge in [0.2, 0.25) is 0 Å². The molecule has 4 aromatic rings. The van der Waals surface area contributed by atoms with Crippen LogP contribution in [-0.4, -0.2) is 58.9 Å². The van der Waals surface area contributed by atoms with Crippen LogP contribution in [0.3, 0.4) is 0 Å². The van der Waals surface area contributed by atoms with Crippen molar-refractivity contribution in [2.75, 3.05) is 11.5 Å². The summed E-state index contributed by atoms with van der Waals surface area (Å²) in [5.74, 6) is -4.65. The van der Waals surface area contributed by atoms with Crippen molar-refractivity contribution in [3.8, 4) is 0 Å². The second kappa shape index (κ2) is 24.9. The summed E-state index contributed by atoms with van der Waals surface area (Å²) < 4.78 is 27.5. The van der Waals surface area contributed by atoms with Crippen molar-refractivity contribution in [1.29, 1.82) is 0 Å². The van der Waals surface area contributed by atoms with E-state index in [1.807, 2.05) is 84.9 Å². The molecule has 0 unspecified atom stereocenters. The molecule has 0 bridgehead atoms. The van der Waals surface area contributed by atoms with Crippen molar-refractivity contribution in [2.24, 2.45) is 11.8 Å². The fourth-order valence-corrected chi connectivity index (χ4v) is 6.89. The van der Waals surface area contributed by atoms with Gasteiger partial charge >= 0.3 is 30.0 Å². The SMILES string of the molecule is CC(C)(C)OC(=O)N[C@H](CCC(=O)C[C@H](CSC[C@H](CC(=O)OCc1ccccc1)C(=O)OCc1ccccc1)C(=O)OCc1ccccc1)C(=O)OCc1ccccc1. The van der Waals surface area contributed by atoms with Gasteiger partial charge in [0.05, 0.1) is 18.3 Å². The number of ether oxygens (including phenoxy) is 5. The zero-order valence-corrected chi connectivity index (χ0v) is 35.1. The Labute approximate surface area is 355 Å². The van der Waals surface area contributed by atoms with Crippen LogP contribution in [0.1, 0.15) is 68.7 Å². The molecule has 0 spiro atoms. The third-order valence-electron chi connectivity index (χ3n) is 8.79. The summed E-state index contributed by atoms with van der Waals surface area (Å²) >= 11 is 1.21. The lowest BCUT2D eigenvalue weighted by molar-refractivity contribution is -0.155. The molecule has 0 saturated heterocycles. The lowest BCUT2D eigenvalue weighted by Crippen LogP contribution is -2.44. The standard InChI is InChI=1S/C47H53NO11S/c1-47(2,3)59-46(54)48-41(45(53)58-31-37-22-14-7-15-23-37)25-24-40(49)26-38(43(51)56-29-35-18-10-5-11-19-35)32-60-33-39(44(52)57-30-36-20-12-6-13-21-36)27-42(50)55-28-34-16-8-4-9-17-34/h4-23,38-39,41H,24-33H2,1-3H3,(H,48,54)/t38-,39+,41-/m1/s1. The predicted octanol–water partition coefficient (Wildman–Crippen LogP) is 7.95. The highest BCUT2D eigenvalue weighted by Gasteiger charge is 2.30. The number of thioether (sulfide) groups is 1. The van der Waals surface area contributed by atoms with Crippen molar-refractivity contribution < 1.29 is 52.5 Å². The normalized spacial score (nSPS) is 12.5. The smallest absolute Gasteiger partial charge is 0.408 e. The molecule has 0 aliphatic heterocycles. The number of rotatable bonds is 23. The Hall–Kier alpha value is -5.95. The number of benzene rings is 4. The average Bonchev–Trinajstić information content (AvgIpc) is 3.24. The fraction of sp³-hybridized carbons (Fsp3) is 0.362. The van der Waals surface area contributed by atoms with Gasteiger partial charge in [-0.25, -0.2) is 9.59 Å². The molecule has 1 amide bonds. The first-order chi connectivity index (χ1) is 28.8. The van der Waals surface area contributed by atoms with E-state index in [9.17, 15) is 28.8 Å². The van der Waals surface area contributed by atoms with Gasteiger partial charge < -0.3 is 29.0 Å². The zero-order valence-electron chi connectivity index (χ0n) is 34.2. The average molecular weight is 840 g/mol. The molecule has 4 aromatic carbocycles. The minimum atomic E-state index is -1.21. The Kier molecular flexibility index (Phi) is 19.4. The topological polar surface area (TPSA) is 161 Å². The van der Waals surface area contributed by atoms with E-state index >= 15 is 0 Å². The Morgan fingerprint density at radius 2 is 0.917 bits per heavy atom. The van der Waals surface area contributed by atoms with Gasteiger partial charge in [-0.3, -0.25) is 19.2 Å². The highest BCUT2D eigenvalue weighted by Crippen LogP contribution is 2.23. The number of nitrogens with one attached hydrogen (secondary N) is 1. The van der Waals surface area contributed by atoms with E-state index in [0.29, 0.717) is 0 Å². The number of Topliss-reactive ketones (excluding diaryl/α,β-unsaturated/α-hetero) is 1. The molecule has 13 heteroatoms. The van der Waals surface area contributed by atoms with Crippen LogP contribution in [0.4, 0.5) is 4.79 Å². The summed E-state index contributed by atoms with van der Waals surface area (Å²) in [5.41, 5.74) is 2.22. The number of ketones is 1. The molecular formula is C47H53NO11S. The van der Waals surface area contributed by atoms with Crippen LogP contribution in [0.5, 0.6) is 0 Å². The number of esters is 4. The van der Waals surface area contributed by atoms with Gasteiger partial charge in [-0.15, -0.1) is 0 Å². The minimum Gasteiger partial charge on any atom is -0.461 e. The van der Waals surface area contributed by atoms with Crippen LogP contribution in [0.15, 0.2) is 121 Å². The van der Waals surface area contributed by atoms with E-state index in [2.05, 4.69) is 5.32 Å². The van der Waals surface area contributed by atoms with E-state index < -0.39 is 53.4 Å². The summed E-state index contributed by atoms with van der Waals surface area (Å²) in [7, 11) is 0. The van der Waals surface area contributed by atoms with Gasteiger partial charge in [0, 0.05) is 24.3 Å². The van der Waals surface area contributed by atoms with E-state index in [1.54, 1.807) is 57.2 Å². The molecule has 0 aliphatic rings. The maximum Gasteiger partial charge on any atom is 0.408 e. The first kappa shape index (κ1) is 46.7. The van der Waals surface area contributed by atoms with Crippen LogP contribution < -0.4 is 5.32 Å². The highest BCUT2D eigenvalue weighted by molar-refractivity contribution is 7.99. The Morgan fingerprint density at radius 3 is 1.33 bits per heavy atom. The van der Waals surface area contributed by atoms with Crippen molar-refractivity contribution in [3.05, 3.63) is 144 Å². The lowest BCUT2D eigenvalue weighted by atomic mass is 10.00. The van der Waals surface area contributed by atoms with Crippen LogP contribution in [0.2, 0.25) is 0 Å². The van der Waals surface area contributed by atoms with E-state index in [4.69, 9.17) is 23.7 Å². The van der Waals surface area contributed by atoms with Crippen LogP contribution in [-0.2, 0) is 74.1 Å². The van der Waals surface area contributed by atoms with Crippen molar-refractivity contribution in [1.82, 2.24) is 5.32 Å². The van der Waals surface area contributed by atoms with Gasteiger partial charge in [-0.1, -0.05) is 121 Å². The van der Waals surface area contributed by atoms with Crippen molar-refractivity contribution in [3.63, 3.8) is 0 Å². The Morgan fingerprint density at radius 1 is 0.533 bits per heavy atom. The third-order valence-corrected chi connectivity index (χ3v) is 10.1. The van der Waals surface area contributed by atoms with E-state index in [1.165, 1.54) is 11.8 Å². The molecule has 4 rings (SSSR count). The van der Waals surface area contributed by atoms with E-state index in [0.717, 1.165) is 22.3 Å². The Balaban J connectivity index is 1.42. The second-order valence-corrected chi connectivity index (χ2v) is 16.1. The molecule has 60 heavy (non-hydrogen) atoms. The number of alkyl carbamates (subject to hydrolysis) is 1. The highest BCUT2D eigenvalue weighted by atomic mass is 32.2. The number of hydrogen-bond acceptors (Lipinski definition) is 12. The molecule has 0 fully saturated rings. The molecule has 3 atom stereocenters. The van der Waals surface area contributed by atoms with Crippen LogP contribution in [0.25, 0.3) is 0 Å². The number of carbonyl (C=O) groups excluding carboxylic acids is 6. The number of amides is 1. The minimum absolute atomic E-state index is 0.00637. The first-order valence-electron chi connectivity index (χ1n) is 19.7. The van der Waals surface area contributed by atoms with Gasteiger partial charge in [0.1, 0.15) is 43.9 Å². The number of carbonyl (C=O) groups is 6. The van der Waals surface area contributed by atoms with Gasteiger partial charge in [-0.05, 0) is 49.4 Å². The molecular weight excluding hydrogens is 787 g/mol. The fourth-order valence-electron chi connectivity index (χ4n) is 5.67. The monoisotopic (exact) mass is 839 g/mol. The molecule has 12 nitrogen and oxygen atoms in total. The summed E-state index contributed by atoms with van der Waals surface area (Å²) in [6.07, 6.45) is -1.67. The Bertz CT molecular complexity index is 1960. The van der Waals surface area contributed by atoms with Crippen molar-refractivity contribution >= 4 is 47.5 Å². The lowest BCUT2D eigenvalue weighted by Gasteiger charge is -2.23. The number of hydrogen-bond donors (Lipinski definition) is 1. The molecule has 1 N–H and O–H groups in total. The van der Waals surface area contributed by atoms with Crippen LogP contribution >= 0.6 is 11.8 Å². The summed E-state index contributed by atoms with van der Waals surface area (Å²) in [6.45, 7) is 5.02. The van der Waals surface area contributed by atoms with Gasteiger partial charge in [0.15, 0.2) is 0 Å². The zero-order chi connectivity index (χ0) is 43.2. The summed E-state index contributed by atoms with van der Waals surface area (Å²) in [5, 5.41) is 2.53. The molecule has 318 valence electrons. The first-order valence-corrected chi connectivity index (χ1v) is 20.9. The molecule has 0 aliphatic carbocycles. The largest absolute Gasteiger partial charge is 0.461 e. The van der Waals surface area contributed by atoms with Crippen molar-refractivity contribution in [2.45, 2.75) is 84.5 Å². The predicted molar refractivity (Wildman–Crippen MR) is 226 cm³/mol. The third kappa shape index (κ3) is 18.3. The molecule has 0 aromatic heterocycles. The maximum absolute atomic E-state index is 13.6. The van der Waals surface area contributed by atoms with Gasteiger partial charge in [-0.2, -0.15) is 11.8 Å². The van der Waals surface area contributed by atoms with Crippen LogP contribution in [0, 0.1) is 11.8 Å². The summed E-state index contributed by atoms with van der Waals surface area (Å²) in [6, 6.07) is 35.2. The quantitative estimate of drug-likeness (QED) is 0.0568. The maximum atomic E-state index is 13.6. The molecule has 0 saturated carbocycles.